The van der Waals surface area contributed by atoms with Gasteiger partial charge in [0.2, 0.25) is 0 Å². The van der Waals surface area contributed by atoms with Gasteiger partial charge in [-0.25, -0.2) is 4.79 Å². The summed E-state index contributed by atoms with van der Waals surface area (Å²) >= 11 is 3.51. The van der Waals surface area contributed by atoms with E-state index in [0.717, 1.165) is 45.3 Å². The summed E-state index contributed by atoms with van der Waals surface area (Å²) in [6, 6.07) is 13.7. The Morgan fingerprint density at radius 2 is 2.08 bits per heavy atom. The van der Waals surface area contributed by atoms with Crippen molar-refractivity contribution in [3.63, 3.8) is 0 Å². The van der Waals surface area contributed by atoms with Gasteiger partial charge in [0.1, 0.15) is 11.3 Å². The zero-order valence-electron chi connectivity index (χ0n) is 13.9. The topological polar surface area (TPSA) is 42.7 Å². The summed E-state index contributed by atoms with van der Waals surface area (Å²) in [5.74, 6) is 0.788. The summed E-state index contributed by atoms with van der Waals surface area (Å²) in [5.41, 5.74) is 3.37. The molecule has 1 aliphatic heterocycles. The second kappa shape index (κ2) is 6.56. The molecule has 0 spiro atoms. The highest BCUT2D eigenvalue weighted by molar-refractivity contribution is 9.10. The highest BCUT2D eigenvalue weighted by atomic mass is 79.9. The fourth-order valence-electron chi connectivity index (χ4n) is 3.31. The van der Waals surface area contributed by atoms with Gasteiger partial charge in [-0.05, 0) is 42.3 Å². The van der Waals surface area contributed by atoms with Crippen molar-refractivity contribution in [2.45, 2.75) is 26.3 Å². The quantitative estimate of drug-likeness (QED) is 0.589. The second-order valence-corrected chi connectivity index (χ2v) is 7.13. The van der Waals surface area contributed by atoms with Crippen molar-refractivity contribution in [3.05, 3.63) is 68.5 Å². The van der Waals surface area contributed by atoms with Crippen LogP contribution in [0.4, 0.5) is 5.69 Å². The van der Waals surface area contributed by atoms with Gasteiger partial charge in [-0.3, -0.25) is 0 Å². The number of halogens is 1. The minimum Gasteiger partial charge on any atom is -0.473 e. The van der Waals surface area contributed by atoms with E-state index in [4.69, 9.17) is 9.15 Å². The lowest BCUT2D eigenvalue weighted by molar-refractivity contribution is 0.289. The van der Waals surface area contributed by atoms with Crippen molar-refractivity contribution in [2.75, 3.05) is 11.6 Å². The van der Waals surface area contributed by atoms with Crippen LogP contribution in [-0.2, 0) is 13.0 Å². The van der Waals surface area contributed by atoms with Crippen LogP contribution >= 0.6 is 15.9 Å². The first-order valence-electron chi connectivity index (χ1n) is 8.37. The lowest BCUT2D eigenvalue weighted by atomic mass is 10.0. The van der Waals surface area contributed by atoms with E-state index >= 15 is 0 Å². The van der Waals surface area contributed by atoms with Crippen molar-refractivity contribution in [1.82, 2.24) is 0 Å². The predicted molar refractivity (Wildman–Crippen MR) is 102 cm³/mol. The lowest BCUT2D eigenvalue weighted by Gasteiger charge is -2.31. The van der Waals surface area contributed by atoms with Crippen LogP contribution in [0.15, 0.2) is 56.1 Å². The molecule has 2 aromatic carbocycles. The number of hydrogen-bond acceptors (Lipinski definition) is 4. The number of nitrogens with zero attached hydrogens (tertiary/aromatic N) is 1. The third-order valence-electron chi connectivity index (χ3n) is 4.48. The Labute approximate surface area is 154 Å². The molecular formula is C20H18BrNO3. The predicted octanol–water partition coefficient (Wildman–Crippen LogP) is 4.86. The number of anilines is 1. The Kier molecular flexibility index (Phi) is 4.25. The maximum atomic E-state index is 12.0. The summed E-state index contributed by atoms with van der Waals surface area (Å²) in [4.78, 5) is 14.2. The summed E-state index contributed by atoms with van der Waals surface area (Å²) in [6.07, 6.45) is 1.84. The van der Waals surface area contributed by atoms with E-state index in [1.54, 1.807) is 6.07 Å². The molecule has 4 rings (SSSR count). The summed E-state index contributed by atoms with van der Waals surface area (Å²) in [7, 11) is 0. The normalized spacial score (nSPS) is 13.6. The molecule has 0 saturated carbocycles. The summed E-state index contributed by atoms with van der Waals surface area (Å²) in [5, 5.41) is 1.000. The van der Waals surface area contributed by atoms with Crippen LogP contribution in [0.1, 0.15) is 24.5 Å². The van der Waals surface area contributed by atoms with Crippen molar-refractivity contribution >= 4 is 32.6 Å². The average Bonchev–Trinajstić information content (AvgIpc) is 2.61. The number of ether oxygens (including phenoxy) is 1. The molecular weight excluding hydrogens is 382 g/mol. The zero-order valence-corrected chi connectivity index (χ0v) is 15.5. The summed E-state index contributed by atoms with van der Waals surface area (Å²) in [6.45, 7) is 3.21. The first kappa shape index (κ1) is 16.2. The van der Waals surface area contributed by atoms with Gasteiger partial charge in [0.25, 0.3) is 0 Å². The first-order valence-corrected chi connectivity index (χ1v) is 9.17. The van der Waals surface area contributed by atoms with Gasteiger partial charge in [0, 0.05) is 21.6 Å². The third-order valence-corrected chi connectivity index (χ3v) is 4.97. The largest absolute Gasteiger partial charge is 0.473 e. The fraction of sp³-hybridized carbons (Fsp3) is 0.250. The fourth-order valence-corrected chi connectivity index (χ4v) is 3.70. The van der Waals surface area contributed by atoms with Gasteiger partial charge in [-0.15, -0.1) is 0 Å². The highest BCUT2D eigenvalue weighted by Gasteiger charge is 2.22. The molecule has 2 heterocycles. The Morgan fingerprint density at radius 1 is 1.20 bits per heavy atom. The van der Waals surface area contributed by atoms with E-state index < -0.39 is 0 Å². The van der Waals surface area contributed by atoms with Crippen LogP contribution in [0.3, 0.4) is 0 Å². The SMILES string of the molecule is CCCc1cc(=O)oc2c3c(ccc12)OCN(c1cccc(Br)c1)C3. The Balaban J connectivity index is 1.82. The molecule has 1 aliphatic rings. The van der Waals surface area contributed by atoms with E-state index in [1.807, 2.05) is 30.3 Å². The Morgan fingerprint density at radius 3 is 2.88 bits per heavy atom. The van der Waals surface area contributed by atoms with E-state index in [2.05, 4.69) is 33.8 Å². The molecule has 0 N–H and O–H groups in total. The number of hydrogen-bond donors (Lipinski definition) is 0. The molecule has 5 heteroatoms. The van der Waals surface area contributed by atoms with Gasteiger partial charge < -0.3 is 14.1 Å². The van der Waals surface area contributed by atoms with Gasteiger partial charge in [-0.1, -0.05) is 35.3 Å². The van der Waals surface area contributed by atoms with Crippen LogP contribution < -0.4 is 15.3 Å². The molecule has 1 aromatic heterocycles. The van der Waals surface area contributed by atoms with Crippen LogP contribution in [0.25, 0.3) is 11.0 Å². The average molecular weight is 400 g/mol. The van der Waals surface area contributed by atoms with Crippen molar-refractivity contribution < 1.29 is 9.15 Å². The molecule has 3 aromatic rings. The van der Waals surface area contributed by atoms with Crippen LogP contribution in [-0.4, -0.2) is 6.73 Å². The van der Waals surface area contributed by atoms with Gasteiger partial charge in [0.05, 0.1) is 12.1 Å². The Hall–Kier alpha value is -2.27. The molecule has 0 atom stereocenters. The minimum atomic E-state index is -0.302. The molecule has 0 radical (unpaired) electrons. The van der Waals surface area contributed by atoms with E-state index in [1.165, 1.54) is 0 Å². The van der Waals surface area contributed by atoms with E-state index in [-0.39, 0.29) is 5.63 Å². The highest BCUT2D eigenvalue weighted by Crippen LogP contribution is 2.35. The Bertz CT molecular complexity index is 996. The number of benzene rings is 2. The molecule has 0 saturated heterocycles. The number of rotatable bonds is 3. The standard InChI is InChI=1S/C20H18BrNO3/c1-2-4-13-9-19(23)25-20-16(13)7-8-18-17(20)11-22(12-24-18)15-6-3-5-14(21)10-15/h3,5-10H,2,4,11-12H2,1H3. The molecule has 0 bridgehead atoms. The number of aryl methyl sites for hydroxylation is 1. The molecule has 0 unspecified atom stereocenters. The van der Waals surface area contributed by atoms with Crippen molar-refractivity contribution in [2.24, 2.45) is 0 Å². The van der Waals surface area contributed by atoms with E-state index in [0.29, 0.717) is 18.9 Å². The number of fused-ring (bicyclic) bond motifs is 3. The molecule has 4 nitrogen and oxygen atoms in total. The van der Waals surface area contributed by atoms with Crippen molar-refractivity contribution in [3.8, 4) is 5.75 Å². The van der Waals surface area contributed by atoms with Crippen LogP contribution in [0.2, 0.25) is 0 Å². The molecule has 0 fully saturated rings. The zero-order chi connectivity index (χ0) is 17.4. The van der Waals surface area contributed by atoms with E-state index in [9.17, 15) is 4.79 Å². The maximum absolute atomic E-state index is 12.0. The second-order valence-electron chi connectivity index (χ2n) is 6.21. The molecule has 0 aliphatic carbocycles. The smallest absolute Gasteiger partial charge is 0.336 e. The van der Waals surface area contributed by atoms with Gasteiger partial charge >= 0.3 is 5.63 Å². The first-order chi connectivity index (χ1) is 12.2. The summed E-state index contributed by atoms with van der Waals surface area (Å²) < 4.78 is 12.5. The van der Waals surface area contributed by atoms with Crippen molar-refractivity contribution in [1.29, 1.82) is 0 Å². The van der Waals surface area contributed by atoms with Crippen LogP contribution in [0, 0.1) is 0 Å². The lowest BCUT2D eigenvalue weighted by Crippen LogP contribution is -2.32. The maximum Gasteiger partial charge on any atom is 0.336 e. The molecule has 25 heavy (non-hydrogen) atoms. The third kappa shape index (κ3) is 3.04. The molecule has 128 valence electrons. The van der Waals surface area contributed by atoms with Crippen LogP contribution in [0.5, 0.6) is 5.75 Å². The van der Waals surface area contributed by atoms with Gasteiger partial charge in [0.15, 0.2) is 6.73 Å². The molecule has 0 amide bonds. The van der Waals surface area contributed by atoms with Gasteiger partial charge in [-0.2, -0.15) is 0 Å². The monoisotopic (exact) mass is 399 g/mol. The minimum absolute atomic E-state index is 0.302.